The number of benzene rings is 6. The van der Waals surface area contributed by atoms with Crippen LogP contribution in [0.3, 0.4) is 0 Å². The van der Waals surface area contributed by atoms with E-state index in [0.29, 0.717) is 0 Å². The minimum absolute atomic E-state index is 0.00952. The Balaban J connectivity index is 1.32. The molecule has 8 aromatic rings. The van der Waals surface area contributed by atoms with Gasteiger partial charge in [-0.25, -0.2) is 0 Å². The van der Waals surface area contributed by atoms with Crippen LogP contribution in [0.15, 0.2) is 126 Å². The molecule has 2 aliphatic rings. The zero-order valence-corrected chi connectivity index (χ0v) is 31.7. The Morgan fingerprint density at radius 2 is 1.17 bits per heavy atom. The summed E-state index contributed by atoms with van der Waals surface area (Å²) < 4.78 is 9.67. The minimum Gasteiger partial charge on any atom is -0.439 e. The van der Waals surface area contributed by atoms with Gasteiger partial charge in [0.2, 0.25) is 5.88 Å². The van der Waals surface area contributed by atoms with Gasteiger partial charge in [-0.15, -0.1) is 11.3 Å². The highest BCUT2D eigenvalue weighted by molar-refractivity contribution is 7.28. The standard InChI is InChI=1S/C47H41BN2OS/c1-28-26-37-40-38(27-28)50(33-23-19-31(20-24-33)47(5,6)7)45-41(44-43(51-45)35-14-10-11-15-39(35)52-44)48(40)36-25-16-29-12-8-9-13-34(29)42(36)49(37)32-21-17-30(18-22-32)46(2,3)4/h8-27H,1-7H3. The molecule has 3 nitrogen and oxygen atoms in total. The van der Waals surface area contributed by atoms with Gasteiger partial charge in [-0.1, -0.05) is 114 Å². The quantitative estimate of drug-likeness (QED) is 0.168. The van der Waals surface area contributed by atoms with Crippen LogP contribution in [0.4, 0.5) is 34.3 Å². The molecule has 0 saturated heterocycles. The molecule has 0 spiro atoms. The number of fused-ring (bicyclic) bond motifs is 10. The van der Waals surface area contributed by atoms with Crippen molar-refractivity contribution < 1.29 is 4.42 Å². The van der Waals surface area contributed by atoms with E-state index in [-0.39, 0.29) is 17.5 Å². The number of thiophene rings is 1. The first-order valence-corrected chi connectivity index (χ1v) is 19.2. The zero-order chi connectivity index (χ0) is 35.7. The van der Waals surface area contributed by atoms with Gasteiger partial charge in [0.25, 0.3) is 6.71 Å². The molecule has 0 amide bonds. The Kier molecular flexibility index (Phi) is 6.59. The lowest BCUT2D eigenvalue weighted by molar-refractivity contribution is 0.590. The average Bonchev–Trinajstić information content (AvgIpc) is 3.67. The Morgan fingerprint density at radius 1 is 0.596 bits per heavy atom. The van der Waals surface area contributed by atoms with Crippen molar-refractivity contribution in [2.45, 2.75) is 59.3 Å². The number of nitrogens with zero attached hydrogens (tertiary/aromatic N) is 2. The van der Waals surface area contributed by atoms with Crippen LogP contribution in [-0.2, 0) is 10.8 Å². The second kappa shape index (κ2) is 10.9. The normalized spacial score (nSPS) is 13.9. The summed E-state index contributed by atoms with van der Waals surface area (Å²) in [6.45, 7) is 15.9. The van der Waals surface area contributed by atoms with E-state index in [1.165, 1.54) is 81.4 Å². The van der Waals surface area contributed by atoms with Crippen LogP contribution in [0.2, 0.25) is 0 Å². The van der Waals surface area contributed by atoms with Crippen LogP contribution in [0.1, 0.15) is 58.2 Å². The second-order valence-electron chi connectivity index (χ2n) is 16.7. The van der Waals surface area contributed by atoms with E-state index in [1.807, 2.05) is 11.3 Å². The maximum Gasteiger partial charge on any atom is 0.258 e. The highest BCUT2D eigenvalue weighted by Crippen LogP contribution is 2.49. The van der Waals surface area contributed by atoms with Gasteiger partial charge < -0.3 is 9.32 Å². The van der Waals surface area contributed by atoms with Gasteiger partial charge in [0.05, 0.1) is 4.70 Å². The number of aryl methyl sites for hydroxylation is 1. The van der Waals surface area contributed by atoms with Crippen molar-refractivity contribution in [3.05, 3.63) is 138 Å². The third kappa shape index (κ3) is 4.51. The van der Waals surface area contributed by atoms with Crippen LogP contribution in [-0.4, -0.2) is 6.71 Å². The number of furan rings is 1. The van der Waals surface area contributed by atoms with Crippen molar-refractivity contribution in [3.8, 4) is 0 Å². The molecule has 0 N–H and O–H groups in total. The van der Waals surface area contributed by atoms with E-state index in [4.69, 9.17) is 4.42 Å². The summed E-state index contributed by atoms with van der Waals surface area (Å²) in [7, 11) is 0. The summed E-state index contributed by atoms with van der Waals surface area (Å²) in [5.41, 5.74) is 14.8. The van der Waals surface area contributed by atoms with Gasteiger partial charge in [-0.3, -0.25) is 4.90 Å². The molecule has 2 aromatic heterocycles. The largest absolute Gasteiger partial charge is 0.439 e. The summed E-state index contributed by atoms with van der Waals surface area (Å²) in [6, 6.07) is 45.4. The summed E-state index contributed by atoms with van der Waals surface area (Å²) >= 11 is 1.86. The first-order chi connectivity index (χ1) is 25.0. The molecule has 254 valence electrons. The maximum absolute atomic E-state index is 7.18. The van der Waals surface area contributed by atoms with E-state index in [2.05, 4.69) is 180 Å². The molecule has 10 rings (SSSR count). The van der Waals surface area contributed by atoms with E-state index >= 15 is 0 Å². The highest BCUT2D eigenvalue weighted by Gasteiger charge is 2.47. The first-order valence-electron chi connectivity index (χ1n) is 18.4. The molecule has 0 fully saturated rings. The Bertz CT molecular complexity index is 2720. The van der Waals surface area contributed by atoms with E-state index in [9.17, 15) is 0 Å². The first kappa shape index (κ1) is 31.5. The van der Waals surface area contributed by atoms with Crippen molar-refractivity contribution in [3.63, 3.8) is 0 Å². The Hall–Kier alpha value is -5.26. The molecule has 2 aliphatic heterocycles. The number of hydrogen-bond acceptors (Lipinski definition) is 4. The monoisotopic (exact) mass is 692 g/mol. The summed E-state index contributed by atoms with van der Waals surface area (Å²) in [5, 5.41) is 3.67. The van der Waals surface area contributed by atoms with Gasteiger partial charge in [0.1, 0.15) is 0 Å². The molecular weight excluding hydrogens is 651 g/mol. The van der Waals surface area contributed by atoms with Gasteiger partial charge in [0.15, 0.2) is 5.58 Å². The molecule has 0 unspecified atom stereocenters. The van der Waals surface area contributed by atoms with Crippen molar-refractivity contribution in [1.29, 1.82) is 0 Å². The fourth-order valence-electron chi connectivity index (χ4n) is 8.58. The van der Waals surface area contributed by atoms with Crippen molar-refractivity contribution in [1.82, 2.24) is 0 Å². The molecule has 4 heterocycles. The van der Waals surface area contributed by atoms with Gasteiger partial charge in [0, 0.05) is 49.4 Å². The van der Waals surface area contributed by atoms with E-state index in [0.717, 1.165) is 17.2 Å². The average molecular weight is 693 g/mol. The lowest BCUT2D eigenvalue weighted by Gasteiger charge is -2.43. The van der Waals surface area contributed by atoms with Crippen molar-refractivity contribution in [2.75, 3.05) is 9.80 Å². The van der Waals surface area contributed by atoms with E-state index in [1.54, 1.807) is 0 Å². The van der Waals surface area contributed by atoms with Crippen LogP contribution < -0.4 is 26.2 Å². The molecule has 0 bridgehead atoms. The minimum atomic E-state index is -0.00952. The lowest BCUT2D eigenvalue weighted by atomic mass is 9.33. The van der Waals surface area contributed by atoms with Gasteiger partial charge in [-0.05, 0) is 99.3 Å². The smallest absolute Gasteiger partial charge is 0.258 e. The molecule has 6 aromatic carbocycles. The lowest BCUT2D eigenvalue weighted by Crippen LogP contribution is -2.61. The third-order valence-electron chi connectivity index (χ3n) is 11.2. The Labute approximate surface area is 310 Å². The predicted octanol–water partition coefficient (Wildman–Crippen LogP) is 11.8. The van der Waals surface area contributed by atoms with Crippen LogP contribution >= 0.6 is 11.3 Å². The van der Waals surface area contributed by atoms with Gasteiger partial charge >= 0.3 is 0 Å². The number of hydrogen-bond donors (Lipinski definition) is 0. The Morgan fingerprint density at radius 3 is 1.83 bits per heavy atom. The number of anilines is 6. The third-order valence-corrected chi connectivity index (χ3v) is 12.4. The van der Waals surface area contributed by atoms with Crippen LogP contribution in [0.25, 0.3) is 31.1 Å². The number of rotatable bonds is 2. The molecule has 0 saturated carbocycles. The maximum atomic E-state index is 7.18. The fraction of sp³-hybridized carbons (Fsp3) is 0.191. The molecule has 0 atom stereocenters. The van der Waals surface area contributed by atoms with Gasteiger partial charge in [-0.2, -0.15) is 0 Å². The predicted molar refractivity (Wildman–Crippen MR) is 225 cm³/mol. The molecule has 52 heavy (non-hydrogen) atoms. The SMILES string of the molecule is Cc1cc2c3c(c1)N(c1ccc(C(C)(C)C)cc1)c1c(ccc4ccccc14)B3c1c(oc3c1sc1ccccc13)N2c1ccc(C(C)(C)C)cc1. The summed E-state index contributed by atoms with van der Waals surface area (Å²) in [6.07, 6.45) is 0. The molecule has 5 heteroatoms. The van der Waals surface area contributed by atoms with Crippen molar-refractivity contribution >= 4 is 99.9 Å². The zero-order valence-electron chi connectivity index (χ0n) is 30.8. The second-order valence-corrected chi connectivity index (χ2v) is 17.8. The summed E-state index contributed by atoms with van der Waals surface area (Å²) in [4.78, 5) is 4.94. The summed E-state index contributed by atoms with van der Waals surface area (Å²) in [5.74, 6) is 0.923. The van der Waals surface area contributed by atoms with Crippen LogP contribution in [0, 0.1) is 6.92 Å². The molecular formula is C47H41BN2OS. The van der Waals surface area contributed by atoms with Crippen molar-refractivity contribution in [2.24, 2.45) is 0 Å². The highest BCUT2D eigenvalue weighted by atomic mass is 32.1. The topological polar surface area (TPSA) is 19.6 Å². The molecule has 0 radical (unpaired) electrons. The molecule has 0 aliphatic carbocycles. The van der Waals surface area contributed by atoms with Crippen LogP contribution in [0.5, 0.6) is 0 Å². The van der Waals surface area contributed by atoms with E-state index < -0.39 is 0 Å². The fourth-order valence-corrected chi connectivity index (χ4v) is 9.78.